The molecule has 5 nitrogen and oxygen atoms in total. The van der Waals surface area contributed by atoms with Crippen LogP contribution in [0.4, 0.5) is 0 Å². The van der Waals surface area contributed by atoms with Gasteiger partial charge in [0.15, 0.2) is 0 Å². The molecule has 4 rings (SSSR count). The lowest BCUT2D eigenvalue weighted by atomic mass is 9.95. The van der Waals surface area contributed by atoms with Gasteiger partial charge in [0, 0.05) is 24.2 Å². The summed E-state index contributed by atoms with van der Waals surface area (Å²) in [4.78, 5) is 18.1. The predicted octanol–water partition coefficient (Wildman–Crippen LogP) is 3.68. The standard InChI is InChI=1S/C24H30N2O3/c1-18-20(11-8-12-21(18)28-2)24(27)26-15-16-29-22(17-25-13-6-7-14-25)23(26)19-9-4-3-5-10-19/h3-5,8-12,22-23H,6-7,13-17H2,1-2H3/t22-,23-/m0/s1. The molecule has 154 valence electrons. The molecule has 2 heterocycles. The Balaban J connectivity index is 1.67. The molecule has 5 heteroatoms. The number of nitrogens with zero attached hydrogens (tertiary/aromatic N) is 2. The van der Waals surface area contributed by atoms with Gasteiger partial charge in [0.1, 0.15) is 5.75 Å². The summed E-state index contributed by atoms with van der Waals surface area (Å²) in [7, 11) is 1.64. The maximum absolute atomic E-state index is 13.7. The third-order valence-electron chi connectivity index (χ3n) is 6.13. The van der Waals surface area contributed by atoms with E-state index in [0.29, 0.717) is 18.7 Å². The summed E-state index contributed by atoms with van der Waals surface area (Å²) in [6.07, 6.45) is 2.46. The molecule has 0 radical (unpaired) electrons. The minimum Gasteiger partial charge on any atom is -0.496 e. The molecule has 2 aliphatic heterocycles. The lowest BCUT2D eigenvalue weighted by Gasteiger charge is -2.43. The first-order valence-corrected chi connectivity index (χ1v) is 10.5. The summed E-state index contributed by atoms with van der Waals surface area (Å²) >= 11 is 0. The third kappa shape index (κ3) is 4.16. The van der Waals surface area contributed by atoms with E-state index >= 15 is 0 Å². The molecule has 1 amide bonds. The monoisotopic (exact) mass is 394 g/mol. The Morgan fingerprint density at radius 1 is 1.07 bits per heavy atom. The molecule has 2 saturated heterocycles. The van der Waals surface area contributed by atoms with E-state index < -0.39 is 0 Å². The third-order valence-corrected chi connectivity index (χ3v) is 6.13. The first-order valence-electron chi connectivity index (χ1n) is 10.5. The van der Waals surface area contributed by atoms with Crippen molar-refractivity contribution in [3.8, 4) is 5.75 Å². The second-order valence-corrected chi connectivity index (χ2v) is 7.90. The first-order chi connectivity index (χ1) is 14.2. The van der Waals surface area contributed by atoms with Crippen LogP contribution in [0.5, 0.6) is 5.75 Å². The Morgan fingerprint density at radius 2 is 1.83 bits per heavy atom. The van der Waals surface area contributed by atoms with Crippen LogP contribution in [0.1, 0.15) is 40.4 Å². The van der Waals surface area contributed by atoms with E-state index in [-0.39, 0.29) is 18.1 Å². The molecule has 0 aliphatic carbocycles. The van der Waals surface area contributed by atoms with E-state index in [0.717, 1.165) is 36.5 Å². The van der Waals surface area contributed by atoms with Crippen LogP contribution in [0.15, 0.2) is 48.5 Å². The number of rotatable bonds is 5. The van der Waals surface area contributed by atoms with Crippen LogP contribution < -0.4 is 4.74 Å². The van der Waals surface area contributed by atoms with E-state index in [2.05, 4.69) is 17.0 Å². The number of ether oxygens (including phenoxy) is 2. The highest BCUT2D eigenvalue weighted by atomic mass is 16.5. The molecule has 2 aromatic carbocycles. The molecule has 0 bridgehead atoms. The van der Waals surface area contributed by atoms with Crippen molar-refractivity contribution in [3.63, 3.8) is 0 Å². The molecule has 0 unspecified atom stereocenters. The number of likely N-dealkylation sites (tertiary alicyclic amines) is 1. The maximum atomic E-state index is 13.7. The zero-order valence-corrected chi connectivity index (χ0v) is 17.3. The normalized spacial score (nSPS) is 22.6. The molecule has 0 saturated carbocycles. The van der Waals surface area contributed by atoms with Gasteiger partial charge in [-0.2, -0.15) is 0 Å². The number of methoxy groups -OCH3 is 1. The van der Waals surface area contributed by atoms with Gasteiger partial charge in [-0.15, -0.1) is 0 Å². The Morgan fingerprint density at radius 3 is 2.55 bits per heavy atom. The molecular weight excluding hydrogens is 364 g/mol. The van der Waals surface area contributed by atoms with Crippen molar-refractivity contribution < 1.29 is 14.3 Å². The lowest BCUT2D eigenvalue weighted by molar-refractivity contribution is -0.0707. The van der Waals surface area contributed by atoms with Gasteiger partial charge in [-0.25, -0.2) is 0 Å². The molecule has 2 atom stereocenters. The van der Waals surface area contributed by atoms with Crippen LogP contribution in [0.2, 0.25) is 0 Å². The summed E-state index contributed by atoms with van der Waals surface area (Å²) in [5.41, 5.74) is 2.71. The van der Waals surface area contributed by atoms with Crippen molar-refractivity contribution in [2.45, 2.75) is 31.9 Å². The maximum Gasteiger partial charge on any atom is 0.254 e. The van der Waals surface area contributed by atoms with E-state index in [4.69, 9.17) is 9.47 Å². The second-order valence-electron chi connectivity index (χ2n) is 7.90. The van der Waals surface area contributed by atoms with Crippen LogP contribution >= 0.6 is 0 Å². The minimum atomic E-state index is -0.0938. The fourth-order valence-electron chi connectivity index (χ4n) is 4.60. The van der Waals surface area contributed by atoms with Crippen LogP contribution in [0.25, 0.3) is 0 Å². The fourth-order valence-corrected chi connectivity index (χ4v) is 4.60. The van der Waals surface area contributed by atoms with Gasteiger partial charge in [0.05, 0.1) is 25.9 Å². The highest BCUT2D eigenvalue weighted by Crippen LogP contribution is 2.33. The average molecular weight is 395 g/mol. The lowest BCUT2D eigenvalue weighted by Crippen LogP contribution is -2.51. The van der Waals surface area contributed by atoms with E-state index in [9.17, 15) is 4.79 Å². The van der Waals surface area contributed by atoms with Gasteiger partial charge in [-0.3, -0.25) is 4.79 Å². The van der Waals surface area contributed by atoms with Gasteiger partial charge in [-0.05, 0) is 50.6 Å². The highest BCUT2D eigenvalue weighted by molar-refractivity contribution is 5.96. The molecule has 0 spiro atoms. The first kappa shape index (κ1) is 19.9. The Labute approximate surface area is 173 Å². The number of hydrogen-bond acceptors (Lipinski definition) is 4. The number of hydrogen-bond donors (Lipinski definition) is 0. The summed E-state index contributed by atoms with van der Waals surface area (Å²) in [6.45, 7) is 6.20. The number of carbonyl (C=O) groups excluding carboxylic acids is 1. The second kappa shape index (κ2) is 8.97. The van der Waals surface area contributed by atoms with Crippen LogP contribution in [-0.4, -0.2) is 61.7 Å². The largest absolute Gasteiger partial charge is 0.496 e. The molecular formula is C24H30N2O3. The highest BCUT2D eigenvalue weighted by Gasteiger charge is 2.38. The Kier molecular flexibility index (Phi) is 6.16. The van der Waals surface area contributed by atoms with Crippen molar-refractivity contribution >= 4 is 5.91 Å². The molecule has 29 heavy (non-hydrogen) atoms. The van der Waals surface area contributed by atoms with Crippen molar-refractivity contribution in [3.05, 3.63) is 65.2 Å². The van der Waals surface area contributed by atoms with Gasteiger partial charge in [-0.1, -0.05) is 36.4 Å². The zero-order valence-electron chi connectivity index (χ0n) is 17.3. The molecule has 2 aliphatic rings. The number of carbonyl (C=O) groups is 1. The van der Waals surface area contributed by atoms with Gasteiger partial charge >= 0.3 is 0 Å². The quantitative estimate of drug-likeness (QED) is 0.776. The number of amides is 1. The van der Waals surface area contributed by atoms with Gasteiger partial charge < -0.3 is 19.3 Å². The average Bonchev–Trinajstić information content (AvgIpc) is 3.27. The van der Waals surface area contributed by atoms with Crippen molar-refractivity contribution in [2.75, 3.05) is 39.9 Å². The summed E-state index contributed by atoms with van der Waals surface area (Å²) in [5, 5.41) is 0. The van der Waals surface area contributed by atoms with E-state index in [1.807, 2.05) is 48.2 Å². The van der Waals surface area contributed by atoms with Crippen LogP contribution in [-0.2, 0) is 4.74 Å². The predicted molar refractivity (Wildman–Crippen MR) is 113 cm³/mol. The van der Waals surface area contributed by atoms with E-state index in [1.54, 1.807) is 7.11 Å². The Hall–Kier alpha value is -2.37. The summed E-state index contributed by atoms with van der Waals surface area (Å²) in [6, 6.07) is 15.9. The smallest absolute Gasteiger partial charge is 0.254 e. The minimum absolute atomic E-state index is 0.0286. The summed E-state index contributed by atoms with van der Waals surface area (Å²) in [5.74, 6) is 0.791. The van der Waals surface area contributed by atoms with Gasteiger partial charge in [0.2, 0.25) is 0 Å². The molecule has 2 fully saturated rings. The SMILES string of the molecule is COc1cccc(C(=O)N2CCO[C@@H](CN3CCCC3)[C@@H]2c2ccccc2)c1C. The van der Waals surface area contributed by atoms with Crippen molar-refractivity contribution in [1.82, 2.24) is 9.80 Å². The van der Waals surface area contributed by atoms with Gasteiger partial charge in [0.25, 0.3) is 5.91 Å². The van der Waals surface area contributed by atoms with Crippen molar-refractivity contribution in [2.24, 2.45) is 0 Å². The molecule has 0 N–H and O–H groups in total. The number of benzene rings is 2. The fraction of sp³-hybridized carbons (Fsp3) is 0.458. The van der Waals surface area contributed by atoms with Crippen LogP contribution in [0, 0.1) is 6.92 Å². The molecule has 2 aromatic rings. The zero-order chi connectivity index (χ0) is 20.2. The van der Waals surface area contributed by atoms with Crippen molar-refractivity contribution in [1.29, 1.82) is 0 Å². The number of morpholine rings is 1. The van der Waals surface area contributed by atoms with Crippen LogP contribution in [0.3, 0.4) is 0 Å². The topological polar surface area (TPSA) is 42.0 Å². The Bertz CT molecular complexity index is 833. The van der Waals surface area contributed by atoms with E-state index in [1.165, 1.54) is 12.8 Å². The molecule has 0 aromatic heterocycles. The summed E-state index contributed by atoms with van der Waals surface area (Å²) < 4.78 is 11.7.